The summed E-state index contributed by atoms with van der Waals surface area (Å²) < 4.78 is 2.32. The maximum absolute atomic E-state index is 12.9. The number of hydrogen-bond donors (Lipinski definition) is 1. The zero-order valence-corrected chi connectivity index (χ0v) is 20.0. The van der Waals surface area contributed by atoms with E-state index < -0.39 is 0 Å². The number of nitrogens with one attached hydrogen (secondary N) is 1. The molecule has 1 amide bonds. The van der Waals surface area contributed by atoms with E-state index in [0.717, 1.165) is 55.8 Å². The number of imidazole rings is 1. The van der Waals surface area contributed by atoms with Crippen molar-refractivity contribution in [1.82, 2.24) is 14.9 Å². The van der Waals surface area contributed by atoms with Gasteiger partial charge in [0.25, 0.3) is 0 Å². The first-order valence-electron chi connectivity index (χ1n) is 11.5. The molecule has 7 heteroatoms. The van der Waals surface area contributed by atoms with E-state index in [1.54, 1.807) is 6.07 Å². The van der Waals surface area contributed by atoms with E-state index in [0.29, 0.717) is 29.6 Å². The summed E-state index contributed by atoms with van der Waals surface area (Å²) >= 11 is 12.2. The molecule has 4 rings (SSSR count). The fourth-order valence-electron chi connectivity index (χ4n) is 4.40. The lowest BCUT2D eigenvalue weighted by atomic mass is 9.97. The Balaban J connectivity index is 1.41. The van der Waals surface area contributed by atoms with Gasteiger partial charge in [0.15, 0.2) is 0 Å². The maximum atomic E-state index is 12.9. The van der Waals surface area contributed by atoms with Gasteiger partial charge in [0.05, 0.1) is 17.0 Å². The number of aromatic nitrogens is 2. The SMILES string of the molecule is CCCCn1c(N2CCCC(C(=O)NCCc3ccc(Cl)cc3Cl)C2)nc2ccccc21. The second-order valence-electron chi connectivity index (χ2n) is 8.47. The van der Waals surface area contributed by atoms with Gasteiger partial charge in [-0.25, -0.2) is 4.98 Å². The number of rotatable bonds is 8. The lowest BCUT2D eigenvalue weighted by molar-refractivity contribution is -0.125. The molecule has 1 atom stereocenters. The summed E-state index contributed by atoms with van der Waals surface area (Å²) in [5, 5.41) is 4.37. The van der Waals surface area contributed by atoms with E-state index in [-0.39, 0.29) is 11.8 Å². The normalized spacial score (nSPS) is 16.5. The van der Waals surface area contributed by atoms with Gasteiger partial charge >= 0.3 is 0 Å². The van der Waals surface area contributed by atoms with Crippen molar-refractivity contribution >= 4 is 46.1 Å². The van der Waals surface area contributed by atoms with Crippen LogP contribution < -0.4 is 10.2 Å². The summed E-state index contributed by atoms with van der Waals surface area (Å²) in [6.45, 7) is 5.34. The minimum atomic E-state index is -0.0381. The van der Waals surface area contributed by atoms with Crippen molar-refractivity contribution in [2.45, 2.75) is 45.6 Å². The minimum Gasteiger partial charge on any atom is -0.355 e. The number of nitrogens with zero attached hydrogens (tertiary/aromatic N) is 3. The highest BCUT2D eigenvalue weighted by molar-refractivity contribution is 6.35. The zero-order chi connectivity index (χ0) is 22.5. The number of carbonyl (C=O) groups excluding carboxylic acids is 1. The lowest BCUT2D eigenvalue weighted by Gasteiger charge is -2.33. The quantitative estimate of drug-likeness (QED) is 0.456. The van der Waals surface area contributed by atoms with Crippen LogP contribution in [0.15, 0.2) is 42.5 Å². The average molecular weight is 473 g/mol. The monoisotopic (exact) mass is 472 g/mol. The van der Waals surface area contributed by atoms with Crippen molar-refractivity contribution in [3.05, 3.63) is 58.1 Å². The first-order valence-corrected chi connectivity index (χ1v) is 12.2. The van der Waals surface area contributed by atoms with E-state index in [9.17, 15) is 4.79 Å². The molecule has 32 heavy (non-hydrogen) atoms. The number of halogens is 2. The van der Waals surface area contributed by atoms with Crippen LogP contribution in [-0.2, 0) is 17.8 Å². The first-order chi connectivity index (χ1) is 15.6. The lowest BCUT2D eigenvalue weighted by Crippen LogP contribution is -2.44. The van der Waals surface area contributed by atoms with Crippen molar-refractivity contribution in [2.75, 3.05) is 24.5 Å². The number of anilines is 1. The third kappa shape index (κ3) is 5.21. The van der Waals surface area contributed by atoms with Gasteiger partial charge in [-0.15, -0.1) is 0 Å². The molecular weight excluding hydrogens is 443 g/mol. The van der Waals surface area contributed by atoms with Gasteiger partial charge in [-0.05, 0) is 55.5 Å². The van der Waals surface area contributed by atoms with Crippen LogP contribution in [0.1, 0.15) is 38.2 Å². The molecule has 1 saturated heterocycles. The van der Waals surface area contributed by atoms with Crippen LogP contribution in [0.4, 0.5) is 5.95 Å². The number of benzene rings is 2. The molecule has 1 N–H and O–H groups in total. The molecule has 3 aromatic rings. The van der Waals surface area contributed by atoms with Gasteiger partial charge in [0, 0.05) is 36.2 Å². The molecule has 1 aliphatic rings. The third-order valence-corrected chi connectivity index (χ3v) is 6.74. The molecule has 0 spiro atoms. The Morgan fingerprint density at radius 2 is 2.06 bits per heavy atom. The van der Waals surface area contributed by atoms with Crippen molar-refractivity contribution in [3.8, 4) is 0 Å². The average Bonchev–Trinajstić information content (AvgIpc) is 3.17. The number of hydrogen-bond acceptors (Lipinski definition) is 3. The first kappa shape index (κ1) is 22.9. The molecule has 2 heterocycles. The number of fused-ring (bicyclic) bond motifs is 1. The zero-order valence-electron chi connectivity index (χ0n) is 18.5. The minimum absolute atomic E-state index is 0.0381. The van der Waals surface area contributed by atoms with Crippen LogP contribution in [0.5, 0.6) is 0 Å². The van der Waals surface area contributed by atoms with E-state index >= 15 is 0 Å². The van der Waals surface area contributed by atoms with E-state index in [2.05, 4.69) is 39.9 Å². The molecule has 0 radical (unpaired) electrons. The fourth-order valence-corrected chi connectivity index (χ4v) is 4.91. The third-order valence-electron chi connectivity index (χ3n) is 6.15. The molecule has 1 aliphatic heterocycles. The summed E-state index contributed by atoms with van der Waals surface area (Å²) in [5.41, 5.74) is 3.18. The number of unbranched alkanes of at least 4 members (excludes halogenated alkanes) is 1. The summed E-state index contributed by atoms with van der Waals surface area (Å²) in [5.74, 6) is 1.06. The standard InChI is InChI=1S/C25H30Cl2N4O/c1-2-3-15-31-23-9-5-4-8-22(23)29-25(31)30-14-6-7-19(17-30)24(32)28-13-12-18-10-11-20(26)16-21(18)27/h4-5,8-11,16,19H,2-3,6-7,12-15,17H2,1H3,(H,28,32). The second-order valence-corrected chi connectivity index (χ2v) is 9.31. The van der Waals surface area contributed by atoms with Crippen molar-refractivity contribution in [3.63, 3.8) is 0 Å². The highest BCUT2D eigenvalue weighted by Crippen LogP contribution is 2.28. The number of aryl methyl sites for hydroxylation is 1. The molecule has 1 aromatic heterocycles. The number of carbonyl (C=O) groups is 1. The molecular formula is C25H30Cl2N4O. The van der Waals surface area contributed by atoms with Crippen LogP contribution in [0, 0.1) is 5.92 Å². The highest BCUT2D eigenvalue weighted by atomic mass is 35.5. The fraction of sp³-hybridized carbons (Fsp3) is 0.440. The summed E-state index contributed by atoms with van der Waals surface area (Å²) in [4.78, 5) is 20.1. The van der Waals surface area contributed by atoms with Crippen LogP contribution in [0.3, 0.4) is 0 Å². The Morgan fingerprint density at radius 3 is 2.88 bits per heavy atom. The molecule has 1 unspecified atom stereocenters. The van der Waals surface area contributed by atoms with Gasteiger partial charge in [-0.1, -0.05) is 54.7 Å². The van der Waals surface area contributed by atoms with Crippen molar-refractivity contribution < 1.29 is 4.79 Å². The molecule has 2 aromatic carbocycles. The van der Waals surface area contributed by atoms with Crippen LogP contribution in [-0.4, -0.2) is 35.1 Å². The highest BCUT2D eigenvalue weighted by Gasteiger charge is 2.28. The molecule has 0 aliphatic carbocycles. The smallest absolute Gasteiger partial charge is 0.224 e. The number of piperidine rings is 1. The maximum Gasteiger partial charge on any atom is 0.224 e. The summed E-state index contributed by atoms with van der Waals surface area (Å²) in [7, 11) is 0. The Labute approximate surface area is 199 Å². The van der Waals surface area contributed by atoms with Crippen LogP contribution in [0.2, 0.25) is 10.0 Å². The van der Waals surface area contributed by atoms with Crippen LogP contribution >= 0.6 is 23.2 Å². The van der Waals surface area contributed by atoms with Gasteiger partial charge in [0.1, 0.15) is 0 Å². The topological polar surface area (TPSA) is 50.2 Å². The Morgan fingerprint density at radius 1 is 1.22 bits per heavy atom. The number of para-hydroxylation sites is 2. The van der Waals surface area contributed by atoms with Crippen molar-refractivity contribution in [2.24, 2.45) is 5.92 Å². The van der Waals surface area contributed by atoms with E-state index in [1.165, 1.54) is 5.52 Å². The largest absolute Gasteiger partial charge is 0.355 e. The van der Waals surface area contributed by atoms with Gasteiger partial charge in [-0.2, -0.15) is 0 Å². The Bertz CT molecular complexity index is 1080. The van der Waals surface area contributed by atoms with E-state index in [4.69, 9.17) is 28.2 Å². The Hall–Kier alpha value is -2.24. The second kappa shape index (κ2) is 10.6. The summed E-state index contributed by atoms with van der Waals surface area (Å²) in [6, 6.07) is 13.8. The molecule has 0 saturated carbocycles. The van der Waals surface area contributed by atoms with Crippen LogP contribution in [0.25, 0.3) is 11.0 Å². The molecule has 0 bridgehead atoms. The molecule has 5 nitrogen and oxygen atoms in total. The molecule has 1 fully saturated rings. The molecule has 170 valence electrons. The van der Waals surface area contributed by atoms with Gasteiger partial charge in [0.2, 0.25) is 11.9 Å². The van der Waals surface area contributed by atoms with E-state index in [1.807, 2.05) is 18.2 Å². The van der Waals surface area contributed by atoms with Crippen molar-refractivity contribution in [1.29, 1.82) is 0 Å². The predicted molar refractivity (Wildman–Crippen MR) is 133 cm³/mol. The van der Waals surface area contributed by atoms with Gasteiger partial charge in [-0.3, -0.25) is 4.79 Å². The predicted octanol–water partition coefficient (Wildman–Crippen LogP) is 5.72. The Kier molecular flexibility index (Phi) is 7.59. The van der Waals surface area contributed by atoms with Gasteiger partial charge < -0.3 is 14.8 Å². The summed E-state index contributed by atoms with van der Waals surface area (Å²) in [6.07, 6.45) is 4.81. The number of amides is 1.